The zero-order chi connectivity index (χ0) is 17.6. The molecule has 25 heavy (non-hydrogen) atoms. The van der Waals surface area contributed by atoms with Crippen molar-refractivity contribution in [3.8, 4) is 5.75 Å². The molecule has 4 nitrogen and oxygen atoms in total. The fourth-order valence-electron chi connectivity index (χ4n) is 2.61. The van der Waals surface area contributed by atoms with E-state index in [-0.39, 0.29) is 12.7 Å². The van der Waals surface area contributed by atoms with Crippen molar-refractivity contribution in [3.05, 3.63) is 71.4 Å². The lowest BCUT2D eigenvalue weighted by Gasteiger charge is -2.17. The van der Waals surface area contributed by atoms with E-state index in [1.807, 2.05) is 43.3 Å². The van der Waals surface area contributed by atoms with Crippen LogP contribution in [0.25, 0.3) is 10.9 Å². The van der Waals surface area contributed by atoms with Crippen LogP contribution in [0.1, 0.15) is 25.0 Å². The Morgan fingerprint density at radius 3 is 2.68 bits per heavy atom. The molecule has 5 heteroatoms. The first-order valence-electron chi connectivity index (χ1n) is 8.09. The summed E-state index contributed by atoms with van der Waals surface area (Å²) in [5.41, 5.74) is 1.59. The molecule has 0 amide bonds. The number of carbonyl (C=O) groups excluding carboxylic acids is 1. The van der Waals surface area contributed by atoms with Crippen molar-refractivity contribution in [2.75, 3.05) is 6.61 Å². The summed E-state index contributed by atoms with van der Waals surface area (Å²) in [5, 5.41) is 1.37. The van der Waals surface area contributed by atoms with Gasteiger partial charge in [0, 0.05) is 11.6 Å². The molecule has 0 bridgehead atoms. The highest BCUT2D eigenvalue weighted by molar-refractivity contribution is 6.35. The number of halogens is 1. The number of rotatable bonds is 6. The van der Waals surface area contributed by atoms with E-state index >= 15 is 0 Å². The molecule has 0 saturated carbocycles. The first-order chi connectivity index (χ1) is 12.2. The maximum absolute atomic E-state index is 12.2. The lowest BCUT2D eigenvalue weighted by atomic mass is 10.1. The summed E-state index contributed by atoms with van der Waals surface area (Å²) >= 11 is 6.16. The third kappa shape index (κ3) is 4.09. The molecule has 0 aliphatic heterocycles. The average Bonchev–Trinajstić information content (AvgIpc) is 2.66. The van der Waals surface area contributed by atoms with Gasteiger partial charge in [-0.1, -0.05) is 48.9 Å². The molecular formula is C20H18ClNO3. The summed E-state index contributed by atoms with van der Waals surface area (Å²) in [7, 11) is 0. The molecule has 1 atom stereocenters. The summed E-state index contributed by atoms with van der Waals surface area (Å²) in [5.74, 6) is 0.0828. The average molecular weight is 356 g/mol. The summed E-state index contributed by atoms with van der Waals surface area (Å²) in [6, 6.07) is 16.8. The third-order valence-electron chi connectivity index (χ3n) is 3.84. The normalized spacial score (nSPS) is 11.9. The van der Waals surface area contributed by atoms with Crippen molar-refractivity contribution >= 4 is 28.5 Å². The molecule has 0 spiro atoms. The monoisotopic (exact) mass is 355 g/mol. The summed E-state index contributed by atoms with van der Waals surface area (Å²) < 4.78 is 11.2. The van der Waals surface area contributed by atoms with Crippen molar-refractivity contribution in [2.24, 2.45) is 0 Å². The highest BCUT2D eigenvalue weighted by Crippen LogP contribution is 2.29. The molecule has 0 radical (unpaired) electrons. The zero-order valence-corrected chi connectivity index (χ0v) is 14.6. The largest absolute Gasteiger partial charge is 0.480 e. The molecule has 2 aromatic carbocycles. The lowest BCUT2D eigenvalue weighted by Crippen LogP contribution is -2.18. The van der Waals surface area contributed by atoms with Gasteiger partial charge in [-0.05, 0) is 36.2 Å². The van der Waals surface area contributed by atoms with Gasteiger partial charge in [0.25, 0.3) is 0 Å². The fourth-order valence-corrected chi connectivity index (χ4v) is 2.83. The second kappa shape index (κ2) is 7.99. The predicted octanol–water partition coefficient (Wildman–Crippen LogP) is 4.96. The fraction of sp³-hybridized carbons (Fsp3) is 0.200. The molecule has 1 aromatic heterocycles. The van der Waals surface area contributed by atoms with Gasteiger partial charge in [0.2, 0.25) is 0 Å². The number of pyridine rings is 1. The molecule has 1 unspecified atom stereocenters. The number of benzene rings is 2. The molecule has 3 aromatic rings. The van der Waals surface area contributed by atoms with Crippen LogP contribution in [0, 0.1) is 0 Å². The number of ether oxygens (including phenoxy) is 2. The van der Waals surface area contributed by atoms with E-state index in [0.29, 0.717) is 22.7 Å². The van der Waals surface area contributed by atoms with Crippen LogP contribution >= 0.6 is 11.6 Å². The van der Waals surface area contributed by atoms with Crippen LogP contribution in [-0.2, 0) is 9.53 Å². The molecule has 0 saturated heterocycles. The molecule has 1 heterocycles. The van der Waals surface area contributed by atoms with E-state index in [1.165, 1.54) is 0 Å². The van der Waals surface area contributed by atoms with Gasteiger partial charge in [-0.3, -0.25) is 4.98 Å². The highest BCUT2D eigenvalue weighted by atomic mass is 35.5. The number of aromatic nitrogens is 1. The summed E-state index contributed by atoms with van der Waals surface area (Å²) in [6.07, 6.45) is 2.07. The molecular weight excluding hydrogens is 338 g/mol. The Morgan fingerprint density at radius 1 is 1.12 bits per heavy atom. The Kier molecular flexibility index (Phi) is 5.51. The highest BCUT2D eigenvalue weighted by Gasteiger charge is 2.16. The smallest absolute Gasteiger partial charge is 0.344 e. The van der Waals surface area contributed by atoms with Crippen molar-refractivity contribution in [1.82, 2.24) is 4.98 Å². The van der Waals surface area contributed by atoms with E-state index in [4.69, 9.17) is 21.1 Å². The van der Waals surface area contributed by atoms with Crippen LogP contribution in [0.4, 0.5) is 0 Å². The van der Waals surface area contributed by atoms with Crippen LogP contribution in [0.3, 0.4) is 0 Å². The second-order valence-electron chi connectivity index (χ2n) is 5.53. The molecule has 128 valence electrons. The van der Waals surface area contributed by atoms with Gasteiger partial charge in [0.05, 0.1) is 5.02 Å². The number of carbonyl (C=O) groups is 1. The minimum absolute atomic E-state index is 0.184. The van der Waals surface area contributed by atoms with Gasteiger partial charge in [0.1, 0.15) is 17.4 Å². The van der Waals surface area contributed by atoms with Gasteiger partial charge in [-0.2, -0.15) is 0 Å². The van der Waals surface area contributed by atoms with E-state index in [2.05, 4.69) is 4.98 Å². The molecule has 0 aliphatic rings. The van der Waals surface area contributed by atoms with Crippen molar-refractivity contribution in [2.45, 2.75) is 19.4 Å². The van der Waals surface area contributed by atoms with Crippen LogP contribution < -0.4 is 4.74 Å². The standard InChI is InChI=1S/C20H18ClNO3/c1-2-17(14-7-4-3-5-8-14)25-19(23)13-24-18-11-10-16(21)15-9-6-12-22-20(15)18/h3-12,17H,2,13H2,1H3. The summed E-state index contributed by atoms with van der Waals surface area (Å²) in [6.45, 7) is 1.79. The Labute approximate surface area is 151 Å². The van der Waals surface area contributed by atoms with Crippen molar-refractivity contribution in [3.63, 3.8) is 0 Å². The van der Waals surface area contributed by atoms with E-state index in [1.54, 1.807) is 24.4 Å². The van der Waals surface area contributed by atoms with Crippen LogP contribution in [0.2, 0.25) is 5.02 Å². The van der Waals surface area contributed by atoms with Gasteiger partial charge >= 0.3 is 5.97 Å². The molecule has 3 rings (SSSR count). The molecule has 0 N–H and O–H groups in total. The van der Waals surface area contributed by atoms with Crippen LogP contribution in [0.5, 0.6) is 5.75 Å². The van der Waals surface area contributed by atoms with Crippen molar-refractivity contribution in [1.29, 1.82) is 0 Å². The number of esters is 1. The van der Waals surface area contributed by atoms with Gasteiger partial charge in [-0.25, -0.2) is 4.79 Å². The number of nitrogens with zero attached hydrogens (tertiary/aromatic N) is 1. The topological polar surface area (TPSA) is 48.4 Å². The SMILES string of the molecule is CCC(OC(=O)COc1ccc(Cl)c2cccnc12)c1ccccc1. The first kappa shape index (κ1) is 17.2. The van der Waals surface area contributed by atoms with E-state index < -0.39 is 5.97 Å². The minimum atomic E-state index is -0.422. The minimum Gasteiger partial charge on any atom is -0.480 e. The van der Waals surface area contributed by atoms with Crippen LogP contribution in [-0.4, -0.2) is 17.6 Å². The maximum Gasteiger partial charge on any atom is 0.344 e. The third-order valence-corrected chi connectivity index (χ3v) is 4.17. The van der Waals surface area contributed by atoms with E-state index in [9.17, 15) is 4.79 Å². The Balaban J connectivity index is 1.68. The Bertz CT molecular complexity index is 867. The summed E-state index contributed by atoms with van der Waals surface area (Å²) in [4.78, 5) is 16.5. The number of hydrogen-bond acceptors (Lipinski definition) is 4. The van der Waals surface area contributed by atoms with Crippen LogP contribution in [0.15, 0.2) is 60.8 Å². The molecule has 0 fully saturated rings. The van der Waals surface area contributed by atoms with Gasteiger partial charge < -0.3 is 9.47 Å². The lowest BCUT2D eigenvalue weighted by molar-refractivity contribution is -0.152. The number of fused-ring (bicyclic) bond motifs is 1. The van der Waals surface area contributed by atoms with E-state index in [0.717, 1.165) is 10.9 Å². The first-order valence-corrected chi connectivity index (χ1v) is 8.47. The number of hydrogen-bond donors (Lipinski definition) is 0. The Hall–Kier alpha value is -2.59. The Morgan fingerprint density at radius 2 is 1.92 bits per heavy atom. The maximum atomic E-state index is 12.2. The molecule has 0 aliphatic carbocycles. The van der Waals surface area contributed by atoms with Crippen molar-refractivity contribution < 1.29 is 14.3 Å². The quantitative estimate of drug-likeness (QED) is 0.586. The second-order valence-corrected chi connectivity index (χ2v) is 5.94. The zero-order valence-electron chi connectivity index (χ0n) is 13.8. The van der Waals surface area contributed by atoms with Gasteiger partial charge in [-0.15, -0.1) is 0 Å². The van der Waals surface area contributed by atoms with Gasteiger partial charge in [0.15, 0.2) is 6.61 Å². The predicted molar refractivity (Wildman–Crippen MR) is 97.8 cm³/mol.